The van der Waals surface area contributed by atoms with Crippen LogP contribution in [0.15, 0.2) is 48.5 Å². The smallest absolute Gasteiger partial charge is 0.392 e. The van der Waals surface area contributed by atoms with E-state index < -0.39 is 11.7 Å². The lowest BCUT2D eigenvalue weighted by molar-refractivity contribution is -0.137. The molecule has 2 amide bonds. The summed E-state index contributed by atoms with van der Waals surface area (Å²) in [7, 11) is 0. The number of benzene rings is 2. The maximum Gasteiger partial charge on any atom is 0.416 e. The fourth-order valence-electron chi connectivity index (χ4n) is 2.65. The Labute approximate surface area is 136 Å². The lowest BCUT2D eigenvalue weighted by atomic mass is 10.2. The van der Waals surface area contributed by atoms with Crippen molar-refractivity contribution in [2.75, 3.05) is 22.9 Å². The maximum absolute atomic E-state index is 12.8. The Kier molecular flexibility index (Phi) is 4.19. The Morgan fingerprint density at radius 3 is 2.17 bits per heavy atom. The molecule has 1 aliphatic rings. The molecule has 4 nitrogen and oxygen atoms in total. The first-order chi connectivity index (χ1) is 11.4. The van der Waals surface area contributed by atoms with Crippen LogP contribution in [0.3, 0.4) is 0 Å². The minimum Gasteiger partial charge on any atom is -0.392 e. The Balaban J connectivity index is 1.83. The highest BCUT2D eigenvalue weighted by atomic mass is 19.4. The fraction of sp³-hybridized carbons (Fsp3) is 0.235. The van der Waals surface area contributed by atoms with E-state index in [4.69, 9.17) is 5.11 Å². The second kappa shape index (κ2) is 6.16. The first kappa shape index (κ1) is 16.3. The molecule has 1 N–H and O–H groups in total. The molecule has 0 saturated carbocycles. The molecule has 2 aromatic rings. The topological polar surface area (TPSA) is 43.8 Å². The van der Waals surface area contributed by atoms with Gasteiger partial charge in [0.2, 0.25) is 0 Å². The van der Waals surface area contributed by atoms with Gasteiger partial charge in [0, 0.05) is 24.5 Å². The molecule has 7 heteroatoms. The van der Waals surface area contributed by atoms with Crippen molar-refractivity contribution in [3.63, 3.8) is 0 Å². The Hall–Kier alpha value is -2.54. The molecule has 3 rings (SSSR count). The van der Waals surface area contributed by atoms with Crippen LogP contribution in [0.5, 0.6) is 0 Å². The second-order valence-electron chi connectivity index (χ2n) is 5.46. The molecule has 1 saturated heterocycles. The standard InChI is InChI=1S/C17H15F3N2O2/c18-17(19,20)13-2-1-3-15(10-13)22-9-8-21(16(22)24)14-6-4-12(11-23)5-7-14/h1-7,10,23H,8-9,11H2. The second-order valence-corrected chi connectivity index (χ2v) is 5.46. The van der Waals surface area contributed by atoms with Gasteiger partial charge in [-0.05, 0) is 35.9 Å². The monoisotopic (exact) mass is 336 g/mol. The number of aliphatic hydroxyl groups excluding tert-OH is 1. The number of urea groups is 1. The zero-order valence-electron chi connectivity index (χ0n) is 12.6. The van der Waals surface area contributed by atoms with Crippen molar-refractivity contribution in [3.8, 4) is 0 Å². The summed E-state index contributed by atoms with van der Waals surface area (Å²) in [6.45, 7) is 0.597. The predicted octanol–water partition coefficient (Wildman–Crippen LogP) is 3.64. The van der Waals surface area contributed by atoms with Gasteiger partial charge >= 0.3 is 12.2 Å². The van der Waals surface area contributed by atoms with E-state index in [0.717, 1.165) is 17.7 Å². The van der Waals surface area contributed by atoms with E-state index in [1.54, 1.807) is 24.3 Å². The van der Waals surface area contributed by atoms with Crippen LogP contribution in [-0.2, 0) is 12.8 Å². The molecule has 0 bridgehead atoms. The van der Waals surface area contributed by atoms with Crippen molar-refractivity contribution in [3.05, 3.63) is 59.7 Å². The van der Waals surface area contributed by atoms with Crippen LogP contribution in [0.2, 0.25) is 0 Å². The Morgan fingerprint density at radius 1 is 0.958 bits per heavy atom. The normalized spacial score (nSPS) is 15.2. The maximum atomic E-state index is 12.8. The first-order valence-corrected chi connectivity index (χ1v) is 7.36. The van der Waals surface area contributed by atoms with E-state index in [1.165, 1.54) is 21.9 Å². The number of alkyl halides is 3. The summed E-state index contributed by atoms with van der Waals surface area (Å²) >= 11 is 0. The number of amides is 2. The Bertz CT molecular complexity index is 744. The summed E-state index contributed by atoms with van der Waals surface area (Å²) in [6, 6.07) is 11.2. The van der Waals surface area contributed by atoms with Crippen molar-refractivity contribution in [2.45, 2.75) is 12.8 Å². The minimum absolute atomic E-state index is 0.0927. The van der Waals surface area contributed by atoms with Gasteiger partial charge in [0.05, 0.1) is 12.2 Å². The van der Waals surface area contributed by atoms with Crippen molar-refractivity contribution in [1.82, 2.24) is 0 Å². The number of carbonyl (C=O) groups excluding carboxylic acids is 1. The highest BCUT2D eigenvalue weighted by Gasteiger charge is 2.34. The number of rotatable bonds is 3. The third-order valence-corrected chi connectivity index (χ3v) is 3.92. The molecule has 1 aliphatic heterocycles. The zero-order chi connectivity index (χ0) is 17.3. The van der Waals surface area contributed by atoms with Crippen molar-refractivity contribution in [2.24, 2.45) is 0 Å². The molecule has 24 heavy (non-hydrogen) atoms. The molecule has 0 radical (unpaired) electrons. The van der Waals surface area contributed by atoms with Crippen molar-refractivity contribution < 1.29 is 23.1 Å². The number of hydrogen-bond acceptors (Lipinski definition) is 2. The molecule has 1 fully saturated rings. The van der Waals surface area contributed by atoms with Gasteiger partial charge in [0.25, 0.3) is 0 Å². The van der Waals surface area contributed by atoms with E-state index >= 15 is 0 Å². The molecule has 126 valence electrons. The molecule has 2 aromatic carbocycles. The molecule has 0 aliphatic carbocycles. The number of nitrogens with zero attached hydrogens (tertiary/aromatic N) is 2. The van der Waals surface area contributed by atoms with Gasteiger partial charge in [-0.3, -0.25) is 9.80 Å². The lowest BCUT2D eigenvalue weighted by Crippen LogP contribution is -2.31. The summed E-state index contributed by atoms with van der Waals surface area (Å²) in [5.74, 6) is 0. The van der Waals surface area contributed by atoms with Crippen LogP contribution in [0.4, 0.5) is 29.3 Å². The first-order valence-electron chi connectivity index (χ1n) is 7.36. The number of aliphatic hydroxyl groups is 1. The van der Waals surface area contributed by atoms with Crippen LogP contribution < -0.4 is 9.80 Å². The molecule has 0 atom stereocenters. The van der Waals surface area contributed by atoms with Crippen LogP contribution in [-0.4, -0.2) is 24.2 Å². The third-order valence-electron chi connectivity index (χ3n) is 3.92. The van der Waals surface area contributed by atoms with E-state index in [9.17, 15) is 18.0 Å². The van der Waals surface area contributed by atoms with E-state index in [-0.39, 0.29) is 18.3 Å². The van der Waals surface area contributed by atoms with Crippen LogP contribution in [0, 0.1) is 0 Å². The van der Waals surface area contributed by atoms with E-state index in [0.29, 0.717) is 18.8 Å². The third kappa shape index (κ3) is 3.07. The highest BCUT2D eigenvalue weighted by Crippen LogP contribution is 2.33. The van der Waals surface area contributed by atoms with Gasteiger partial charge in [-0.2, -0.15) is 13.2 Å². The van der Waals surface area contributed by atoms with Gasteiger partial charge in [0.1, 0.15) is 0 Å². The van der Waals surface area contributed by atoms with Gasteiger partial charge in [0.15, 0.2) is 0 Å². The molecule has 0 aromatic heterocycles. The average Bonchev–Trinajstić information content (AvgIpc) is 2.96. The Morgan fingerprint density at radius 2 is 1.58 bits per heavy atom. The van der Waals surface area contributed by atoms with Crippen molar-refractivity contribution in [1.29, 1.82) is 0 Å². The van der Waals surface area contributed by atoms with Crippen LogP contribution in [0.25, 0.3) is 0 Å². The summed E-state index contributed by atoms with van der Waals surface area (Å²) in [6.07, 6.45) is -4.45. The lowest BCUT2D eigenvalue weighted by Gasteiger charge is -2.20. The molecule has 0 unspecified atom stereocenters. The van der Waals surface area contributed by atoms with Crippen LogP contribution >= 0.6 is 0 Å². The number of hydrogen-bond donors (Lipinski definition) is 1. The predicted molar refractivity (Wildman–Crippen MR) is 83.9 cm³/mol. The van der Waals surface area contributed by atoms with Gasteiger partial charge < -0.3 is 5.11 Å². The van der Waals surface area contributed by atoms with Crippen molar-refractivity contribution >= 4 is 17.4 Å². The zero-order valence-corrected chi connectivity index (χ0v) is 12.6. The number of anilines is 2. The summed E-state index contributed by atoms with van der Waals surface area (Å²) in [5.41, 5.74) is 0.814. The molecule has 0 spiro atoms. The molecule has 1 heterocycles. The van der Waals surface area contributed by atoms with E-state index in [2.05, 4.69) is 0 Å². The summed E-state index contributed by atoms with van der Waals surface area (Å²) < 4.78 is 38.5. The molecular formula is C17H15F3N2O2. The summed E-state index contributed by atoms with van der Waals surface area (Å²) in [5, 5.41) is 9.05. The fourth-order valence-corrected chi connectivity index (χ4v) is 2.65. The van der Waals surface area contributed by atoms with Gasteiger partial charge in [-0.1, -0.05) is 18.2 Å². The SMILES string of the molecule is O=C1N(c2ccc(CO)cc2)CCN1c1cccc(C(F)(F)F)c1. The van der Waals surface area contributed by atoms with Crippen LogP contribution in [0.1, 0.15) is 11.1 Å². The minimum atomic E-state index is -4.45. The average molecular weight is 336 g/mol. The number of halogens is 3. The van der Waals surface area contributed by atoms with Gasteiger partial charge in [-0.25, -0.2) is 4.79 Å². The quantitative estimate of drug-likeness (QED) is 0.930. The largest absolute Gasteiger partial charge is 0.416 e. The molecular weight excluding hydrogens is 321 g/mol. The van der Waals surface area contributed by atoms with E-state index in [1.807, 2.05) is 0 Å². The highest BCUT2D eigenvalue weighted by molar-refractivity contribution is 6.06. The summed E-state index contributed by atoms with van der Waals surface area (Å²) in [4.78, 5) is 15.4. The van der Waals surface area contributed by atoms with Gasteiger partial charge in [-0.15, -0.1) is 0 Å². The number of carbonyl (C=O) groups is 1.